The molecule has 0 aliphatic carbocycles. The second kappa shape index (κ2) is 7.40. The van der Waals surface area contributed by atoms with E-state index in [1.54, 1.807) is 11.9 Å². The first-order chi connectivity index (χ1) is 14.6. The van der Waals surface area contributed by atoms with Crippen LogP contribution in [0.4, 0.5) is 21.0 Å². The quantitative estimate of drug-likeness (QED) is 0.638. The maximum absolute atomic E-state index is 12.9. The number of carbonyl (C=O) groups excluding carboxylic acids is 2. The number of hydrogen-bond donors (Lipinski definition) is 3. The number of nitrogens with one attached hydrogen (secondary N) is 2. The van der Waals surface area contributed by atoms with Gasteiger partial charge in [-0.05, 0) is 55.6 Å². The van der Waals surface area contributed by atoms with Crippen LogP contribution in [0, 0.1) is 5.41 Å². The summed E-state index contributed by atoms with van der Waals surface area (Å²) < 4.78 is 0. The number of carbonyl (C=O) groups is 3. The maximum atomic E-state index is 12.9. The molecule has 2 atom stereocenters. The topological polar surface area (TPSA) is 105 Å². The molecule has 31 heavy (non-hydrogen) atoms. The van der Waals surface area contributed by atoms with E-state index >= 15 is 0 Å². The molecule has 4 rings (SSSR count). The summed E-state index contributed by atoms with van der Waals surface area (Å²) in [5.41, 5.74) is 0.545. The molecule has 2 unspecified atom stereocenters. The molecule has 168 valence electrons. The van der Waals surface area contributed by atoms with Gasteiger partial charge in [-0.25, -0.2) is 9.59 Å². The van der Waals surface area contributed by atoms with Crippen LogP contribution in [0.5, 0.6) is 0 Å². The molecule has 0 aromatic heterocycles. The summed E-state index contributed by atoms with van der Waals surface area (Å²) in [5, 5.41) is 16.1. The van der Waals surface area contributed by atoms with E-state index in [-0.39, 0.29) is 29.4 Å². The van der Waals surface area contributed by atoms with Gasteiger partial charge in [-0.2, -0.15) is 0 Å². The molecule has 1 spiro atoms. The van der Waals surface area contributed by atoms with Crippen LogP contribution in [0.15, 0.2) is 24.3 Å². The molecule has 3 N–H and O–H groups in total. The fourth-order valence-corrected chi connectivity index (χ4v) is 5.28. The molecular weight excluding hydrogens is 398 g/mol. The predicted octanol–water partition coefficient (Wildman–Crippen LogP) is 2.40. The lowest BCUT2D eigenvalue weighted by atomic mass is 9.76. The largest absolute Gasteiger partial charge is 0.465 e. The number of rotatable bonds is 3. The zero-order valence-corrected chi connectivity index (χ0v) is 18.5. The Bertz CT molecular complexity index is 888. The molecule has 3 aliphatic rings. The fourth-order valence-electron chi connectivity index (χ4n) is 5.28. The third-order valence-corrected chi connectivity index (χ3v) is 6.76. The van der Waals surface area contributed by atoms with E-state index in [4.69, 9.17) is 0 Å². The summed E-state index contributed by atoms with van der Waals surface area (Å²) in [6.45, 7) is 7.93. The minimum absolute atomic E-state index is 0.0128. The van der Waals surface area contributed by atoms with Crippen molar-refractivity contribution < 1.29 is 19.5 Å². The summed E-state index contributed by atoms with van der Waals surface area (Å²) in [7, 11) is 1.54. The summed E-state index contributed by atoms with van der Waals surface area (Å²) in [6.07, 6.45) is 0.270. The van der Waals surface area contributed by atoms with Gasteiger partial charge >= 0.3 is 12.1 Å². The van der Waals surface area contributed by atoms with Crippen LogP contribution in [-0.4, -0.2) is 77.2 Å². The number of piperidine rings is 1. The van der Waals surface area contributed by atoms with Crippen LogP contribution in [0.3, 0.4) is 0 Å². The Labute approximate surface area is 182 Å². The van der Waals surface area contributed by atoms with Gasteiger partial charge < -0.3 is 20.6 Å². The smallest absolute Gasteiger partial charge is 0.407 e. The average molecular weight is 430 g/mol. The lowest BCUT2D eigenvalue weighted by Crippen LogP contribution is -2.69. The first-order valence-corrected chi connectivity index (χ1v) is 10.8. The molecule has 9 nitrogen and oxygen atoms in total. The minimum Gasteiger partial charge on any atom is -0.465 e. The van der Waals surface area contributed by atoms with E-state index in [0.29, 0.717) is 38.2 Å². The lowest BCUT2D eigenvalue weighted by molar-refractivity contribution is -0.130. The number of urea groups is 1. The fraction of sp³-hybridized carbons (Fsp3) is 0.591. The van der Waals surface area contributed by atoms with E-state index in [0.717, 1.165) is 5.69 Å². The van der Waals surface area contributed by atoms with E-state index in [1.807, 2.05) is 45.0 Å². The molecule has 1 aromatic rings. The molecular formula is C22H31N5O4. The number of likely N-dealkylation sites (tertiary alicyclic amines) is 1. The highest BCUT2D eigenvalue weighted by atomic mass is 16.4. The molecule has 0 bridgehead atoms. The van der Waals surface area contributed by atoms with Gasteiger partial charge in [-0.3, -0.25) is 14.6 Å². The van der Waals surface area contributed by atoms with E-state index in [1.165, 1.54) is 9.80 Å². The third kappa shape index (κ3) is 3.40. The van der Waals surface area contributed by atoms with E-state index in [9.17, 15) is 19.5 Å². The molecule has 0 saturated carbocycles. The van der Waals surface area contributed by atoms with Crippen LogP contribution in [0.25, 0.3) is 0 Å². The molecule has 1 aromatic carbocycles. The number of carboxylic acid groups (broad SMARTS) is 1. The molecule has 4 amide bonds. The maximum Gasteiger partial charge on any atom is 0.407 e. The first-order valence-electron chi connectivity index (χ1n) is 10.8. The van der Waals surface area contributed by atoms with Crippen molar-refractivity contribution in [3.63, 3.8) is 0 Å². The van der Waals surface area contributed by atoms with Crippen molar-refractivity contribution in [1.82, 2.24) is 15.1 Å². The Morgan fingerprint density at radius 1 is 1.16 bits per heavy atom. The standard InChI is InChI=1S/C22H31N5O4/c1-21(2,3)17-16(13-26(17)20(30)31)24-14-5-7-15(8-6-14)27-19(29)25(4)18(28)22(27)9-11-23-12-10-22/h5-8,16-17,23-24H,9-13H2,1-4H3,(H,30,31). The Morgan fingerprint density at radius 3 is 2.32 bits per heavy atom. The third-order valence-electron chi connectivity index (χ3n) is 6.76. The zero-order valence-electron chi connectivity index (χ0n) is 18.5. The van der Waals surface area contributed by atoms with Crippen molar-refractivity contribution in [1.29, 1.82) is 0 Å². The van der Waals surface area contributed by atoms with Crippen molar-refractivity contribution in [3.05, 3.63) is 24.3 Å². The van der Waals surface area contributed by atoms with Crippen LogP contribution in [-0.2, 0) is 4.79 Å². The number of hydrogen-bond acceptors (Lipinski definition) is 5. The Kier molecular flexibility index (Phi) is 5.12. The van der Waals surface area contributed by atoms with Crippen LogP contribution < -0.4 is 15.5 Å². The van der Waals surface area contributed by atoms with Gasteiger partial charge in [0.2, 0.25) is 0 Å². The molecule has 3 heterocycles. The summed E-state index contributed by atoms with van der Waals surface area (Å²) in [6, 6.07) is 7.09. The van der Waals surface area contributed by atoms with E-state index < -0.39 is 11.6 Å². The Morgan fingerprint density at radius 2 is 1.77 bits per heavy atom. The van der Waals surface area contributed by atoms with Gasteiger partial charge in [0.05, 0.1) is 12.1 Å². The Balaban J connectivity index is 1.54. The molecule has 0 radical (unpaired) electrons. The second-order valence-corrected chi connectivity index (χ2v) is 9.81. The van der Waals surface area contributed by atoms with Crippen molar-refractivity contribution in [2.75, 3.05) is 36.9 Å². The summed E-state index contributed by atoms with van der Waals surface area (Å²) in [4.78, 5) is 41.6. The monoisotopic (exact) mass is 429 g/mol. The number of likely N-dealkylation sites (N-methyl/N-ethyl adjacent to an activating group) is 1. The van der Waals surface area contributed by atoms with Gasteiger partial charge in [0.15, 0.2) is 0 Å². The SMILES string of the molecule is CN1C(=O)N(c2ccc(NC3CN(C(=O)O)C3C(C)(C)C)cc2)C2(CCNCC2)C1=O. The van der Waals surface area contributed by atoms with Crippen molar-refractivity contribution in [2.45, 2.75) is 51.2 Å². The van der Waals surface area contributed by atoms with Crippen molar-refractivity contribution in [2.24, 2.45) is 5.41 Å². The number of amides is 4. The molecule has 3 fully saturated rings. The second-order valence-electron chi connectivity index (χ2n) is 9.81. The minimum atomic E-state index is -0.901. The number of imide groups is 1. The first kappa shape index (κ1) is 21.4. The number of benzene rings is 1. The predicted molar refractivity (Wildman–Crippen MR) is 117 cm³/mol. The van der Waals surface area contributed by atoms with Crippen molar-refractivity contribution in [3.8, 4) is 0 Å². The number of anilines is 2. The lowest BCUT2D eigenvalue weighted by Gasteiger charge is -2.53. The van der Waals surface area contributed by atoms with Gasteiger partial charge in [0.1, 0.15) is 5.54 Å². The van der Waals surface area contributed by atoms with Gasteiger partial charge in [0.25, 0.3) is 5.91 Å². The highest BCUT2D eigenvalue weighted by Crippen LogP contribution is 2.40. The van der Waals surface area contributed by atoms with Crippen LogP contribution in [0.1, 0.15) is 33.6 Å². The normalized spacial score (nSPS) is 25.7. The number of nitrogens with zero attached hydrogens (tertiary/aromatic N) is 3. The van der Waals surface area contributed by atoms with E-state index in [2.05, 4.69) is 10.6 Å². The molecule has 9 heteroatoms. The highest BCUT2D eigenvalue weighted by Gasteiger charge is 2.56. The molecule has 3 aliphatic heterocycles. The highest BCUT2D eigenvalue weighted by molar-refractivity contribution is 6.16. The van der Waals surface area contributed by atoms with Crippen LogP contribution in [0.2, 0.25) is 0 Å². The van der Waals surface area contributed by atoms with Gasteiger partial charge in [0, 0.05) is 25.0 Å². The van der Waals surface area contributed by atoms with Gasteiger partial charge in [-0.1, -0.05) is 20.8 Å². The average Bonchev–Trinajstić information content (AvgIpc) is 2.85. The summed E-state index contributed by atoms with van der Waals surface area (Å²) in [5.74, 6) is -0.141. The summed E-state index contributed by atoms with van der Waals surface area (Å²) >= 11 is 0. The Hall–Kier alpha value is -2.81. The van der Waals surface area contributed by atoms with Crippen molar-refractivity contribution >= 4 is 29.4 Å². The van der Waals surface area contributed by atoms with Gasteiger partial charge in [-0.15, -0.1) is 0 Å². The zero-order chi connectivity index (χ0) is 22.6. The molecule has 3 saturated heterocycles. The van der Waals surface area contributed by atoms with Crippen LogP contribution >= 0.6 is 0 Å².